The summed E-state index contributed by atoms with van der Waals surface area (Å²) in [4.78, 5) is 11.3. The van der Waals surface area contributed by atoms with E-state index in [1.807, 2.05) is 6.07 Å². The summed E-state index contributed by atoms with van der Waals surface area (Å²) in [6.45, 7) is 5.48. The predicted octanol–water partition coefficient (Wildman–Crippen LogP) is 2.58. The molecule has 1 rings (SSSR count). The Morgan fingerprint density at radius 2 is 2.12 bits per heavy atom. The van der Waals surface area contributed by atoms with E-state index in [2.05, 4.69) is 6.58 Å². The van der Waals surface area contributed by atoms with Gasteiger partial charge in [0.25, 0.3) is 0 Å². The number of carboxylic acids is 1. The van der Waals surface area contributed by atoms with Crippen molar-refractivity contribution in [3.63, 3.8) is 0 Å². The predicted molar refractivity (Wildman–Crippen MR) is 62.2 cm³/mol. The van der Waals surface area contributed by atoms with Gasteiger partial charge in [-0.15, -0.1) is 6.58 Å². The fourth-order valence-corrected chi connectivity index (χ4v) is 1.37. The molecule has 3 heteroatoms. The second-order valence-corrected chi connectivity index (χ2v) is 3.63. The fraction of sp³-hybridized carbons (Fsp3) is 0.308. The van der Waals surface area contributed by atoms with Crippen molar-refractivity contribution in [2.24, 2.45) is 0 Å². The summed E-state index contributed by atoms with van der Waals surface area (Å²) >= 11 is 0. The topological polar surface area (TPSA) is 46.5 Å². The highest BCUT2D eigenvalue weighted by Crippen LogP contribution is 2.25. The van der Waals surface area contributed by atoms with Crippen LogP contribution in [0.3, 0.4) is 0 Å². The Labute approximate surface area is 95.4 Å². The molecule has 16 heavy (non-hydrogen) atoms. The van der Waals surface area contributed by atoms with Gasteiger partial charge in [-0.25, -0.2) is 4.79 Å². The molecule has 1 atom stereocenters. The van der Waals surface area contributed by atoms with E-state index in [-0.39, 0.29) is 0 Å². The molecule has 0 radical (unpaired) electrons. The summed E-state index contributed by atoms with van der Waals surface area (Å²) in [6, 6.07) is 8.94. The largest absolute Gasteiger partial charge is 0.479 e. The molecular formula is C13H16O3. The molecule has 0 saturated heterocycles. The molecule has 0 fully saturated rings. The molecule has 0 bridgehead atoms. The zero-order valence-corrected chi connectivity index (χ0v) is 9.35. The summed E-state index contributed by atoms with van der Waals surface area (Å²) < 4.78 is 5.45. The van der Waals surface area contributed by atoms with Crippen molar-refractivity contribution in [3.8, 4) is 0 Å². The Kier molecular flexibility index (Phi) is 4.26. The maximum Gasteiger partial charge on any atom is 0.340 e. The summed E-state index contributed by atoms with van der Waals surface area (Å²) in [5.74, 6) is -0.984. The Bertz CT molecular complexity index is 359. The highest BCUT2D eigenvalue weighted by Gasteiger charge is 2.35. The number of rotatable bonds is 6. The third kappa shape index (κ3) is 2.70. The first-order valence-corrected chi connectivity index (χ1v) is 5.15. The number of carbonyl (C=O) groups is 1. The fourth-order valence-electron chi connectivity index (χ4n) is 1.37. The molecular weight excluding hydrogens is 204 g/mol. The normalized spacial score (nSPS) is 14.1. The van der Waals surface area contributed by atoms with E-state index in [4.69, 9.17) is 4.74 Å². The quantitative estimate of drug-likeness (QED) is 0.592. The van der Waals surface area contributed by atoms with Gasteiger partial charge >= 0.3 is 5.97 Å². The van der Waals surface area contributed by atoms with Crippen molar-refractivity contribution >= 4 is 5.97 Å². The average Bonchev–Trinajstić information content (AvgIpc) is 2.30. The average molecular weight is 220 g/mol. The minimum Gasteiger partial charge on any atom is -0.479 e. The first kappa shape index (κ1) is 12.5. The summed E-state index contributed by atoms with van der Waals surface area (Å²) in [6.07, 6.45) is 2.34. The highest BCUT2D eigenvalue weighted by molar-refractivity contribution is 5.78. The van der Waals surface area contributed by atoms with E-state index in [1.165, 1.54) is 0 Å². The first-order valence-electron chi connectivity index (χ1n) is 5.15. The zero-order valence-electron chi connectivity index (χ0n) is 9.35. The van der Waals surface area contributed by atoms with E-state index in [9.17, 15) is 9.90 Å². The van der Waals surface area contributed by atoms with Gasteiger partial charge in [0, 0.05) is 0 Å². The van der Waals surface area contributed by atoms with Gasteiger partial charge in [-0.3, -0.25) is 0 Å². The molecule has 0 aromatic heterocycles. The Hall–Kier alpha value is -1.61. The van der Waals surface area contributed by atoms with Crippen molar-refractivity contribution in [2.75, 3.05) is 6.61 Å². The minimum absolute atomic E-state index is 0.348. The monoisotopic (exact) mass is 220 g/mol. The standard InChI is InChI=1S/C13H16O3/c1-3-4-10-16-13(2,12(14)15)11-8-6-5-7-9-11/h3,5-9H,1,4,10H2,2H3,(H,14,15). The van der Waals surface area contributed by atoms with Gasteiger partial charge in [0.05, 0.1) is 6.61 Å². The summed E-state index contributed by atoms with van der Waals surface area (Å²) in [5.41, 5.74) is -0.642. The molecule has 0 aliphatic carbocycles. The van der Waals surface area contributed by atoms with Crippen molar-refractivity contribution in [3.05, 3.63) is 48.6 Å². The van der Waals surface area contributed by atoms with Gasteiger partial charge in [0.15, 0.2) is 5.60 Å². The zero-order chi connectivity index (χ0) is 12.0. The molecule has 1 aromatic carbocycles. The highest BCUT2D eigenvalue weighted by atomic mass is 16.5. The van der Waals surface area contributed by atoms with Crippen molar-refractivity contribution in [1.29, 1.82) is 0 Å². The number of hydrogen-bond acceptors (Lipinski definition) is 2. The molecule has 3 nitrogen and oxygen atoms in total. The third-order valence-corrected chi connectivity index (χ3v) is 2.45. The first-order chi connectivity index (χ1) is 7.61. The van der Waals surface area contributed by atoms with Crippen LogP contribution in [0, 0.1) is 0 Å². The molecule has 1 N–H and O–H groups in total. The molecule has 1 aromatic rings. The molecule has 0 amide bonds. The van der Waals surface area contributed by atoms with Crippen LogP contribution < -0.4 is 0 Å². The maximum absolute atomic E-state index is 11.3. The molecule has 0 saturated carbocycles. The van der Waals surface area contributed by atoms with E-state index >= 15 is 0 Å². The Balaban J connectivity index is 2.89. The maximum atomic E-state index is 11.3. The van der Waals surface area contributed by atoms with Crippen molar-refractivity contribution in [2.45, 2.75) is 18.9 Å². The van der Waals surface area contributed by atoms with Crippen LogP contribution in [-0.4, -0.2) is 17.7 Å². The van der Waals surface area contributed by atoms with Crippen LogP contribution in [0.4, 0.5) is 0 Å². The van der Waals surface area contributed by atoms with Crippen LogP contribution in [0.25, 0.3) is 0 Å². The lowest BCUT2D eigenvalue weighted by Crippen LogP contribution is -2.35. The van der Waals surface area contributed by atoms with Crippen LogP contribution >= 0.6 is 0 Å². The van der Waals surface area contributed by atoms with Crippen molar-refractivity contribution < 1.29 is 14.6 Å². The second kappa shape index (κ2) is 5.47. The van der Waals surface area contributed by atoms with E-state index in [1.54, 1.807) is 37.3 Å². The van der Waals surface area contributed by atoms with Crippen LogP contribution in [0.2, 0.25) is 0 Å². The van der Waals surface area contributed by atoms with E-state index < -0.39 is 11.6 Å². The van der Waals surface area contributed by atoms with Gasteiger partial charge in [-0.2, -0.15) is 0 Å². The molecule has 0 aliphatic heterocycles. The summed E-state index contributed by atoms with van der Waals surface area (Å²) in [7, 11) is 0. The van der Waals surface area contributed by atoms with Crippen molar-refractivity contribution in [1.82, 2.24) is 0 Å². The van der Waals surface area contributed by atoms with Crippen LogP contribution in [0.5, 0.6) is 0 Å². The number of carboxylic acid groups (broad SMARTS) is 1. The van der Waals surface area contributed by atoms with Gasteiger partial charge in [-0.05, 0) is 18.9 Å². The number of aliphatic carboxylic acids is 1. The number of benzene rings is 1. The Morgan fingerprint density at radius 1 is 1.50 bits per heavy atom. The second-order valence-electron chi connectivity index (χ2n) is 3.63. The molecule has 0 heterocycles. The summed E-state index contributed by atoms with van der Waals surface area (Å²) in [5, 5.41) is 9.23. The molecule has 0 spiro atoms. The van der Waals surface area contributed by atoms with Crippen LogP contribution in [0.15, 0.2) is 43.0 Å². The number of hydrogen-bond donors (Lipinski definition) is 1. The van der Waals surface area contributed by atoms with Gasteiger partial charge in [0.2, 0.25) is 0 Å². The van der Waals surface area contributed by atoms with Gasteiger partial charge in [0.1, 0.15) is 0 Å². The van der Waals surface area contributed by atoms with Crippen LogP contribution in [-0.2, 0) is 15.1 Å². The van der Waals surface area contributed by atoms with Gasteiger partial charge < -0.3 is 9.84 Å². The third-order valence-electron chi connectivity index (χ3n) is 2.45. The molecule has 1 unspecified atom stereocenters. The lowest BCUT2D eigenvalue weighted by molar-refractivity contribution is -0.165. The Morgan fingerprint density at radius 3 is 2.62 bits per heavy atom. The molecule has 86 valence electrons. The van der Waals surface area contributed by atoms with Gasteiger partial charge in [-0.1, -0.05) is 36.4 Å². The SMILES string of the molecule is C=CCCOC(C)(C(=O)O)c1ccccc1. The smallest absolute Gasteiger partial charge is 0.340 e. The molecule has 0 aliphatic rings. The van der Waals surface area contributed by atoms with E-state index in [0.29, 0.717) is 18.6 Å². The lowest BCUT2D eigenvalue weighted by atomic mass is 9.96. The lowest BCUT2D eigenvalue weighted by Gasteiger charge is -2.25. The number of ether oxygens (including phenoxy) is 1. The van der Waals surface area contributed by atoms with E-state index in [0.717, 1.165) is 0 Å². The minimum atomic E-state index is -1.29. The van der Waals surface area contributed by atoms with Crippen LogP contribution in [0.1, 0.15) is 18.9 Å².